The number of nitrogens with zero attached hydrogens (tertiary/aromatic N) is 1. The highest BCUT2D eigenvalue weighted by Gasteiger charge is 1.46. The third kappa shape index (κ3) is 3.82. The summed E-state index contributed by atoms with van der Waals surface area (Å²) in [4.78, 5) is 3.54. The van der Waals surface area contributed by atoms with Crippen LogP contribution in [-0.4, -0.2) is 13.4 Å². The first-order valence-electron chi connectivity index (χ1n) is 1.22. The molecule has 1 N–H and O–H groups in total. The molecule has 0 saturated heterocycles. The maximum Gasteiger partial charge on any atom is 0.0917 e. The molecular weight excluding hydrogens is 84.1 g/mol. The van der Waals surface area contributed by atoms with Crippen LogP contribution in [-0.2, 0) is 0 Å². The Labute approximate surface area is 36.8 Å². The number of nitrogens with one attached hydrogen (secondary N) is 1. The highest BCUT2D eigenvalue weighted by atomic mass is 32.1. The van der Waals surface area contributed by atoms with Crippen molar-refractivity contribution in [3.05, 3.63) is 0 Å². The van der Waals surface area contributed by atoms with E-state index >= 15 is 0 Å². The number of rotatable bonds is 1. The molecule has 0 amide bonds. The zero-order chi connectivity index (χ0) is 4.12. The van der Waals surface area contributed by atoms with Gasteiger partial charge in [-0.05, 0) is 0 Å². The Bertz CT molecular complexity index is 34.6. The molecule has 0 aromatic heterocycles. The minimum atomic E-state index is 1.49. The molecule has 0 atom stereocenters. The fourth-order valence-corrected chi connectivity index (χ4v) is 0.173. The zero-order valence-corrected chi connectivity index (χ0v) is 3.87. The maximum atomic E-state index is 3.60. The molecule has 0 rings (SSSR count). The van der Waals surface area contributed by atoms with E-state index in [0.717, 1.165) is 0 Å². The van der Waals surface area contributed by atoms with E-state index in [1.807, 2.05) is 0 Å². The fraction of sp³-hybridized carbons (Fsp3) is 0.500. The van der Waals surface area contributed by atoms with Gasteiger partial charge in [0.25, 0.3) is 0 Å². The van der Waals surface area contributed by atoms with Gasteiger partial charge < -0.3 is 4.72 Å². The van der Waals surface area contributed by atoms with Gasteiger partial charge in [0.2, 0.25) is 0 Å². The molecule has 0 spiro atoms. The number of aliphatic imine (C=N–C) groups is 1. The molecule has 0 heterocycles. The van der Waals surface area contributed by atoms with E-state index in [-0.39, 0.29) is 0 Å². The quantitative estimate of drug-likeness (QED) is 0.266. The van der Waals surface area contributed by atoms with Crippen LogP contribution in [0.1, 0.15) is 0 Å². The molecule has 0 unspecified atom stereocenters. The van der Waals surface area contributed by atoms with Crippen LogP contribution in [0, 0.1) is 0 Å². The first-order chi connectivity index (χ1) is 2.41. The first-order valence-corrected chi connectivity index (χ1v) is 1.66. The van der Waals surface area contributed by atoms with E-state index in [9.17, 15) is 0 Å². The molecule has 0 fully saturated rings. The Kier molecular flexibility index (Phi) is 3.68. The van der Waals surface area contributed by atoms with Gasteiger partial charge in [-0.1, -0.05) is 12.8 Å². The van der Waals surface area contributed by atoms with Gasteiger partial charge in [-0.25, -0.2) is 0 Å². The molecule has 0 radical (unpaired) electrons. The van der Waals surface area contributed by atoms with Crippen LogP contribution in [0.3, 0.4) is 0 Å². The average Bonchev–Trinajstić information content (AvgIpc) is 1.41. The predicted molar refractivity (Wildman–Crippen MR) is 26.5 cm³/mol. The Morgan fingerprint density at radius 1 is 2.00 bits per heavy atom. The highest BCUT2D eigenvalue weighted by Crippen LogP contribution is 1.48. The van der Waals surface area contributed by atoms with Gasteiger partial charge in [0.15, 0.2) is 0 Å². The van der Waals surface area contributed by atoms with E-state index in [1.54, 1.807) is 7.05 Å². The first kappa shape index (κ1) is 4.82. The Hall–Kier alpha value is -0.180. The van der Waals surface area contributed by atoms with E-state index in [1.165, 1.54) is 6.34 Å². The monoisotopic (exact) mass is 90.0 g/mol. The summed E-state index contributed by atoms with van der Waals surface area (Å²) in [5.41, 5.74) is 0. The van der Waals surface area contributed by atoms with Crippen molar-refractivity contribution >= 4 is 19.2 Å². The van der Waals surface area contributed by atoms with Crippen molar-refractivity contribution in [2.24, 2.45) is 4.99 Å². The summed E-state index contributed by atoms with van der Waals surface area (Å²) in [7, 11) is 1.67. The second-order valence-corrected chi connectivity index (χ2v) is 0.775. The van der Waals surface area contributed by atoms with Gasteiger partial charge in [0.1, 0.15) is 0 Å². The van der Waals surface area contributed by atoms with Crippen LogP contribution in [0.15, 0.2) is 4.99 Å². The van der Waals surface area contributed by atoms with Crippen molar-refractivity contribution < 1.29 is 0 Å². The number of hydrogen-bond acceptors (Lipinski definition) is 2. The number of thiol groups is 1. The standard InChI is InChI=1S/C2H6N2S/c1-3-2-4-5/h2,5H,1H3,(H,3,4). The summed E-state index contributed by atoms with van der Waals surface area (Å²) in [6.45, 7) is 0. The lowest BCUT2D eigenvalue weighted by Crippen LogP contribution is -1.89. The topological polar surface area (TPSA) is 24.4 Å². The van der Waals surface area contributed by atoms with Gasteiger partial charge in [0, 0.05) is 7.05 Å². The molecule has 0 aromatic rings. The van der Waals surface area contributed by atoms with Gasteiger partial charge >= 0.3 is 0 Å². The minimum Gasteiger partial charge on any atom is -0.323 e. The van der Waals surface area contributed by atoms with Gasteiger partial charge in [-0.2, -0.15) is 0 Å². The van der Waals surface area contributed by atoms with Gasteiger partial charge in [-0.3, -0.25) is 4.99 Å². The third-order valence-corrected chi connectivity index (χ3v) is 0.302. The summed E-state index contributed by atoms with van der Waals surface area (Å²) in [5, 5.41) is 0. The number of hydrogen-bond donors (Lipinski definition) is 2. The molecule has 0 aliphatic carbocycles. The molecule has 0 aromatic carbocycles. The third-order valence-electron chi connectivity index (χ3n) is 0.187. The van der Waals surface area contributed by atoms with Crippen molar-refractivity contribution in [3.8, 4) is 0 Å². The molecule has 2 nitrogen and oxygen atoms in total. The Morgan fingerprint density at radius 3 is 2.60 bits per heavy atom. The summed E-state index contributed by atoms with van der Waals surface area (Å²) in [5.74, 6) is 0. The van der Waals surface area contributed by atoms with E-state index in [0.29, 0.717) is 0 Å². The lowest BCUT2D eigenvalue weighted by Gasteiger charge is -1.73. The zero-order valence-electron chi connectivity index (χ0n) is 2.97. The van der Waals surface area contributed by atoms with Gasteiger partial charge in [0.05, 0.1) is 6.34 Å². The lowest BCUT2D eigenvalue weighted by molar-refractivity contribution is 1.42. The Morgan fingerprint density at radius 2 is 2.60 bits per heavy atom. The predicted octanol–water partition coefficient (Wildman–Crippen LogP) is 0.0789. The van der Waals surface area contributed by atoms with Crippen LogP contribution in [0.2, 0.25) is 0 Å². The largest absolute Gasteiger partial charge is 0.323 e. The molecule has 0 saturated carbocycles. The van der Waals surface area contributed by atoms with Crippen LogP contribution in [0.25, 0.3) is 0 Å². The molecule has 0 aliphatic heterocycles. The minimum absolute atomic E-state index is 1.49. The smallest absolute Gasteiger partial charge is 0.0917 e. The van der Waals surface area contributed by atoms with Crippen molar-refractivity contribution in [1.29, 1.82) is 0 Å². The fourth-order valence-electron chi connectivity index (χ4n) is 0.0577. The van der Waals surface area contributed by atoms with Crippen molar-refractivity contribution in [3.63, 3.8) is 0 Å². The van der Waals surface area contributed by atoms with E-state index in [4.69, 9.17) is 0 Å². The van der Waals surface area contributed by atoms with Crippen LogP contribution in [0.5, 0.6) is 0 Å². The second-order valence-electron chi connectivity index (χ2n) is 0.516. The molecular formula is C2H6N2S. The second kappa shape index (κ2) is 3.82. The summed E-state index contributed by atoms with van der Waals surface area (Å²) < 4.78 is 2.42. The Balaban J connectivity index is 2.62. The molecule has 0 aliphatic rings. The molecule has 0 bridgehead atoms. The van der Waals surface area contributed by atoms with Crippen molar-refractivity contribution in [1.82, 2.24) is 4.72 Å². The summed E-state index contributed by atoms with van der Waals surface area (Å²) >= 11 is 3.60. The molecule has 3 heteroatoms. The van der Waals surface area contributed by atoms with E-state index < -0.39 is 0 Å². The molecule has 5 heavy (non-hydrogen) atoms. The van der Waals surface area contributed by atoms with Crippen molar-refractivity contribution in [2.75, 3.05) is 7.05 Å². The van der Waals surface area contributed by atoms with Gasteiger partial charge in [-0.15, -0.1) is 0 Å². The van der Waals surface area contributed by atoms with Crippen LogP contribution in [0.4, 0.5) is 0 Å². The average molecular weight is 90.2 g/mol. The lowest BCUT2D eigenvalue weighted by atomic mass is 11.3. The normalized spacial score (nSPS) is 9.20. The molecule has 30 valence electrons. The van der Waals surface area contributed by atoms with Crippen LogP contribution < -0.4 is 4.72 Å². The van der Waals surface area contributed by atoms with Crippen molar-refractivity contribution in [2.45, 2.75) is 0 Å². The summed E-state index contributed by atoms with van der Waals surface area (Å²) in [6.07, 6.45) is 1.49. The van der Waals surface area contributed by atoms with E-state index in [2.05, 4.69) is 22.5 Å². The SMILES string of the molecule is CN=CNS. The highest BCUT2D eigenvalue weighted by molar-refractivity contribution is 7.78. The maximum absolute atomic E-state index is 3.60. The van der Waals surface area contributed by atoms with Crippen LogP contribution >= 0.6 is 12.8 Å². The summed E-state index contributed by atoms with van der Waals surface area (Å²) in [6, 6.07) is 0.